The highest BCUT2D eigenvalue weighted by molar-refractivity contribution is 5.30. The molecule has 0 N–H and O–H groups in total. The summed E-state index contributed by atoms with van der Waals surface area (Å²) in [5.74, 6) is 0.345. The second-order valence-corrected chi connectivity index (χ2v) is 3.92. The van der Waals surface area contributed by atoms with Crippen molar-refractivity contribution >= 4 is 0 Å². The maximum absolute atomic E-state index is 13.3. The van der Waals surface area contributed by atoms with Crippen LogP contribution in [-0.4, -0.2) is 0 Å². The molecule has 0 radical (unpaired) electrons. The first-order valence-electron chi connectivity index (χ1n) is 5.74. The average molecular weight is 230 g/mol. The summed E-state index contributed by atoms with van der Waals surface area (Å²) in [5.41, 5.74) is 2.03. The van der Waals surface area contributed by atoms with Gasteiger partial charge >= 0.3 is 0 Å². The standard InChI is InChI=1S/C15H15FO/c1-2-12-8-14(16)10-15(9-12)17-11-13-6-4-3-5-7-13/h3-10H,2,11H2,1H3. The van der Waals surface area contributed by atoms with Crippen LogP contribution in [0.15, 0.2) is 48.5 Å². The summed E-state index contributed by atoms with van der Waals surface area (Å²) in [5, 5.41) is 0. The van der Waals surface area contributed by atoms with Gasteiger partial charge in [0.05, 0.1) is 0 Å². The number of aryl methyl sites for hydroxylation is 1. The topological polar surface area (TPSA) is 9.23 Å². The highest BCUT2D eigenvalue weighted by Crippen LogP contribution is 2.18. The van der Waals surface area contributed by atoms with Crippen LogP contribution < -0.4 is 4.74 Å². The van der Waals surface area contributed by atoms with E-state index in [1.54, 1.807) is 0 Å². The normalized spacial score (nSPS) is 10.2. The molecule has 0 aliphatic carbocycles. The molecule has 17 heavy (non-hydrogen) atoms. The fraction of sp³-hybridized carbons (Fsp3) is 0.200. The summed E-state index contributed by atoms with van der Waals surface area (Å²) in [6.07, 6.45) is 0.805. The van der Waals surface area contributed by atoms with Crippen molar-refractivity contribution in [3.63, 3.8) is 0 Å². The third-order valence-electron chi connectivity index (χ3n) is 2.59. The fourth-order valence-corrected chi connectivity index (χ4v) is 1.65. The molecule has 0 saturated carbocycles. The molecule has 88 valence electrons. The van der Waals surface area contributed by atoms with Gasteiger partial charge in [-0.05, 0) is 29.7 Å². The van der Waals surface area contributed by atoms with Gasteiger partial charge in [-0.25, -0.2) is 4.39 Å². The molecule has 2 aromatic rings. The van der Waals surface area contributed by atoms with Crippen molar-refractivity contribution in [1.82, 2.24) is 0 Å². The van der Waals surface area contributed by atoms with E-state index in [4.69, 9.17) is 4.74 Å². The maximum Gasteiger partial charge on any atom is 0.127 e. The molecule has 2 rings (SSSR count). The molecular formula is C15H15FO. The monoisotopic (exact) mass is 230 g/mol. The Labute approximate surface area is 101 Å². The Kier molecular flexibility index (Phi) is 3.76. The van der Waals surface area contributed by atoms with Crippen molar-refractivity contribution in [3.05, 3.63) is 65.5 Å². The molecule has 0 unspecified atom stereocenters. The van der Waals surface area contributed by atoms with Gasteiger partial charge in [-0.1, -0.05) is 37.3 Å². The van der Waals surface area contributed by atoms with Gasteiger partial charge in [-0.2, -0.15) is 0 Å². The van der Waals surface area contributed by atoms with Crippen LogP contribution in [0.25, 0.3) is 0 Å². The van der Waals surface area contributed by atoms with Crippen LogP contribution in [0.4, 0.5) is 4.39 Å². The third kappa shape index (κ3) is 3.31. The first kappa shape index (κ1) is 11.6. The van der Waals surface area contributed by atoms with Crippen LogP contribution in [0, 0.1) is 5.82 Å². The van der Waals surface area contributed by atoms with E-state index >= 15 is 0 Å². The van der Waals surface area contributed by atoms with E-state index in [1.807, 2.05) is 43.3 Å². The second kappa shape index (κ2) is 5.48. The SMILES string of the molecule is CCc1cc(F)cc(OCc2ccccc2)c1. The Morgan fingerprint density at radius 2 is 1.76 bits per heavy atom. The van der Waals surface area contributed by atoms with Gasteiger partial charge < -0.3 is 4.74 Å². The first-order valence-corrected chi connectivity index (χ1v) is 5.74. The van der Waals surface area contributed by atoms with Crippen molar-refractivity contribution in [1.29, 1.82) is 0 Å². The minimum absolute atomic E-state index is 0.243. The molecular weight excluding hydrogens is 215 g/mol. The van der Waals surface area contributed by atoms with E-state index in [-0.39, 0.29) is 5.82 Å². The van der Waals surface area contributed by atoms with E-state index in [2.05, 4.69) is 0 Å². The van der Waals surface area contributed by atoms with Crippen molar-refractivity contribution in [2.75, 3.05) is 0 Å². The fourth-order valence-electron chi connectivity index (χ4n) is 1.65. The molecule has 0 aliphatic rings. The maximum atomic E-state index is 13.3. The molecule has 0 atom stereocenters. The molecule has 0 spiro atoms. The Bertz CT molecular complexity index is 480. The largest absolute Gasteiger partial charge is 0.489 e. The minimum Gasteiger partial charge on any atom is -0.489 e. The predicted molar refractivity (Wildman–Crippen MR) is 66.6 cm³/mol. The molecule has 0 fully saturated rings. The van der Waals surface area contributed by atoms with E-state index in [0.29, 0.717) is 12.4 Å². The van der Waals surface area contributed by atoms with E-state index < -0.39 is 0 Å². The number of hydrogen-bond acceptors (Lipinski definition) is 1. The zero-order chi connectivity index (χ0) is 12.1. The number of rotatable bonds is 4. The molecule has 0 amide bonds. The number of hydrogen-bond donors (Lipinski definition) is 0. The quantitative estimate of drug-likeness (QED) is 0.772. The van der Waals surface area contributed by atoms with Gasteiger partial charge in [0.25, 0.3) is 0 Å². The summed E-state index contributed by atoms with van der Waals surface area (Å²) in [6, 6.07) is 14.7. The summed E-state index contributed by atoms with van der Waals surface area (Å²) < 4.78 is 18.8. The highest BCUT2D eigenvalue weighted by atomic mass is 19.1. The Balaban J connectivity index is 2.06. The summed E-state index contributed by atoms with van der Waals surface area (Å²) in [4.78, 5) is 0. The molecule has 2 aromatic carbocycles. The Morgan fingerprint density at radius 1 is 1.00 bits per heavy atom. The van der Waals surface area contributed by atoms with Crippen LogP contribution in [0.1, 0.15) is 18.1 Å². The lowest BCUT2D eigenvalue weighted by Gasteiger charge is -2.08. The zero-order valence-corrected chi connectivity index (χ0v) is 9.82. The van der Waals surface area contributed by atoms with Gasteiger partial charge in [-0.15, -0.1) is 0 Å². The smallest absolute Gasteiger partial charge is 0.127 e. The van der Waals surface area contributed by atoms with Crippen molar-refractivity contribution in [3.8, 4) is 5.75 Å². The van der Waals surface area contributed by atoms with Crippen LogP contribution in [0.3, 0.4) is 0 Å². The lowest BCUT2D eigenvalue weighted by Crippen LogP contribution is -1.96. The highest BCUT2D eigenvalue weighted by Gasteiger charge is 2.01. The lowest BCUT2D eigenvalue weighted by atomic mass is 10.1. The molecule has 0 aromatic heterocycles. The third-order valence-corrected chi connectivity index (χ3v) is 2.59. The Morgan fingerprint density at radius 3 is 2.47 bits per heavy atom. The van der Waals surface area contributed by atoms with Crippen molar-refractivity contribution in [2.24, 2.45) is 0 Å². The summed E-state index contributed by atoms with van der Waals surface area (Å²) in [7, 11) is 0. The number of halogens is 1. The first-order chi connectivity index (χ1) is 8.28. The van der Waals surface area contributed by atoms with Crippen LogP contribution in [0.2, 0.25) is 0 Å². The van der Waals surface area contributed by atoms with Gasteiger partial charge in [0.2, 0.25) is 0 Å². The lowest BCUT2D eigenvalue weighted by molar-refractivity contribution is 0.304. The average Bonchev–Trinajstić information content (AvgIpc) is 2.37. The number of ether oxygens (including phenoxy) is 1. The second-order valence-electron chi connectivity index (χ2n) is 3.92. The molecule has 0 aliphatic heterocycles. The van der Waals surface area contributed by atoms with Gasteiger partial charge in [0.15, 0.2) is 0 Å². The summed E-state index contributed by atoms with van der Waals surface area (Å²) in [6.45, 7) is 2.46. The molecule has 2 heteroatoms. The van der Waals surface area contributed by atoms with Crippen LogP contribution >= 0.6 is 0 Å². The van der Waals surface area contributed by atoms with Crippen LogP contribution in [-0.2, 0) is 13.0 Å². The predicted octanol–water partition coefficient (Wildman–Crippen LogP) is 3.97. The van der Waals surface area contributed by atoms with E-state index in [0.717, 1.165) is 17.5 Å². The van der Waals surface area contributed by atoms with Gasteiger partial charge in [0, 0.05) is 6.07 Å². The van der Waals surface area contributed by atoms with Crippen molar-refractivity contribution in [2.45, 2.75) is 20.0 Å². The van der Waals surface area contributed by atoms with E-state index in [1.165, 1.54) is 12.1 Å². The van der Waals surface area contributed by atoms with Gasteiger partial charge in [-0.3, -0.25) is 0 Å². The molecule has 1 nitrogen and oxygen atoms in total. The molecule has 0 bridgehead atoms. The van der Waals surface area contributed by atoms with E-state index in [9.17, 15) is 4.39 Å². The van der Waals surface area contributed by atoms with Crippen LogP contribution in [0.5, 0.6) is 5.75 Å². The minimum atomic E-state index is -0.243. The zero-order valence-electron chi connectivity index (χ0n) is 9.82. The molecule has 0 heterocycles. The summed E-state index contributed by atoms with van der Waals surface area (Å²) >= 11 is 0. The number of benzene rings is 2. The molecule has 0 saturated heterocycles. The van der Waals surface area contributed by atoms with Gasteiger partial charge in [0.1, 0.15) is 18.2 Å². The Hall–Kier alpha value is -1.83. The van der Waals surface area contributed by atoms with Crippen molar-refractivity contribution < 1.29 is 9.13 Å².